The van der Waals surface area contributed by atoms with E-state index >= 15 is 0 Å². The van der Waals surface area contributed by atoms with E-state index in [-0.39, 0.29) is 5.91 Å². The molecule has 116 valence electrons. The van der Waals surface area contributed by atoms with Crippen molar-refractivity contribution < 1.29 is 4.79 Å². The lowest BCUT2D eigenvalue weighted by Gasteiger charge is -2.35. The van der Waals surface area contributed by atoms with Crippen LogP contribution in [0.3, 0.4) is 0 Å². The molecule has 4 heteroatoms. The lowest BCUT2D eigenvalue weighted by Crippen LogP contribution is -2.45. The molecule has 1 aliphatic rings. The van der Waals surface area contributed by atoms with Crippen molar-refractivity contribution in [3.05, 3.63) is 35.9 Å². The van der Waals surface area contributed by atoms with E-state index in [9.17, 15) is 4.79 Å². The van der Waals surface area contributed by atoms with E-state index in [4.69, 9.17) is 5.73 Å². The van der Waals surface area contributed by atoms with Gasteiger partial charge in [-0.2, -0.15) is 0 Å². The van der Waals surface area contributed by atoms with Crippen molar-refractivity contribution in [2.75, 3.05) is 26.7 Å². The van der Waals surface area contributed by atoms with E-state index in [1.807, 2.05) is 7.05 Å². The Morgan fingerprint density at radius 2 is 2.14 bits per heavy atom. The lowest BCUT2D eigenvalue weighted by molar-refractivity contribution is -0.131. The second-order valence-electron chi connectivity index (χ2n) is 6.24. The molecular formula is C17H27N3O. The summed E-state index contributed by atoms with van der Waals surface area (Å²) in [4.78, 5) is 16.2. The van der Waals surface area contributed by atoms with Crippen molar-refractivity contribution in [1.82, 2.24) is 9.80 Å². The van der Waals surface area contributed by atoms with E-state index in [1.165, 1.54) is 18.4 Å². The molecule has 1 fully saturated rings. The zero-order chi connectivity index (χ0) is 15.2. The first kappa shape index (κ1) is 16.0. The van der Waals surface area contributed by atoms with E-state index in [0.29, 0.717) is 5.92 Å². The molecule has 1 saturated heterocycles. The van der Waals surface area contributed by atoms with Gasteiger partial charge in [-0.3, -0.25) is 9.69 Å². The van der Waals surface area contributed by atoms with Gasteiger partial charge in [0.2, 0.25) is 5.91 Å². The summed E-state index contributed by atoms with van der Waals surface area (Å²) in [6, 6.07) is 10.2. The average Bonchev–Trinajstić information content (AvgIpc) is 2.47. The van der Waals surface area contributed by atoms with Crippen LogP contribution >= 0.6 is 0 Å². The number of hydrogen-bond acceptors (Lipinski definition) is 3. The van der Waals surface area contributed by atoms with Crippen LogP contribution in [0.5, 0.6) is 0 Å². The van der Waals surface area contributed by atoms with E-state index in [2.05, 4.69) is 35.2 Å². The maximum Gasteiger partial charge on any atom is 0.238 e. The molecule has 0 unspecified atom stereocenters. The van der Waals surface area contributed by atoms with Crippen molar-refractivity contribution in [3.8, 4) is 0 Å². The van der Waals surface area contributed by atoms with Gasteiger partial charge in [0.25, 0.3) is 0 Å². The molecule has 1 heterocycles. The monoisotopic (exact) mass is 289 g/mol. The second kappa shape index (κ2) is 7.57. The number of carbonyl (C=O) groups is 1. The molecule has 1 aromatic carbocycles. The van der Waals surface area contributed by atoms with Crippen molar-refractivity contribution in [2.24, 2.45) is 11.7 Å². The molecule has 4 nitrogen and oxygen atoms in total. The second-order valence-corrected chi connectivity index (χ2v) is 6.24. The summed E-state index contributed by atoms with van der Waals surface area (Å²) < 4.78 is 0. The van der Waals surface area contributed by atoms with Gasteiger partial charge in [0, 0.05) is 26.7 Å². The van der Waals surface area contributed by atoms with Crippen LogP contribution in [0.25, 0.3) is 0 Å². The van der Waals surface area contributed by atoms with Crippen LogP contribution in [0.1, 0.15) is 25.3 Å². The number of piperidine rings is 1. The minimum absolute atomic E-state index is 0.0372. The standard InChI is InChI=1S/C17H27N3O/c1-14(18)17(21)19(2)11-16-9-6-10-20(13-16)12-15-7-4-3-5-8-15/h3-5,7-8,14,16H,6,9-13,18H2,1-2H3/t14-,16+/m0/s1. The normalized spacial score (nSPS) is 21.0. The average molecular weight is 289 g/mol. The fourth-order valence-corrected chi connectivity index (χ4v) is 3.11. The number of carbonyl (C=O) groups excluding carboxylic acids is 1. The van der Waals surface area contributed by atoms with Crippen LogP contribution in [0.4, 0.5) is 0 Å². The predicted molar refractivity (Wildman–Crippen MR) is 85.7 cm³/mol. The van der Waals surface area contributed by atoms with Crippen LogP contribution < -0.4 is 5.73 Å². The first-order valence-corrected chi connectivity index (χ1v) is 7.83. The van der Waals surface area contributed by atoms with Gasteiger partial charge in [-0.15, -0.1) is 0 Å². The van der Waals surface area contributed by atoms with Crippen molar-refractivity contribution in [2.45, 2.75) is 32.4 Å². The zero-order valence-electron chi connectivity index (χ0n) is 13.2. The molecule has 0 aromatic heterocycles. The maximum atomic E-state index is 11.9. The van der Waals surface area contributed by atoms with E-state index in [0.717, 1.165) is 26.2 Å². The molecular weight excluding hydrogens is 262 g/mol. The molecule has 1 amide bonds. The highest BCUT2D eigenvalue weighted by molar-refractivity contribution is 5.80. The fourth-order valence-electron chi connectivity index (χ4n) is 3.11. The minimum Gasteiger partial charge on any atom is -0.344 e. The van der Waals surface area contributed by atoms with Gasteiger partial charge in [-0.25, -0.2) is 0 Å². The third kappa shape index (κ3) is 4.83. The van der Waals surface area contributed by atoms with Crippen molar-refractivity contribution >= 4 is 5.91 Å². The molecule has 1 aliphatic heterocycles. The highest BCUT2D eigenvalue weighted by Gasteiger charge is 2.23. The minimum atomic E-state index is -0.404. The van der Waals surface area contributed by atoms with E-state index in [1.54, 1.807) is 11.8 Å². The lowest BCUT2D eigenvalue weighted by atomic mass is 9.97. The quantitative estimate of drug-likeness (QED) is 0.897. The number of nitrogens with zero attached hydrogens (tertiary/aromatic N) is 2. The Morgan fingerprint density at radius 1 is 1.43 bits per heavy atom. The van der Waals surface area contributed by atoms with Crippen LogP contribution in [0, 0.1) is 5.92 Å². The third-order valence-electron chi connectivity index (χ3n) is 4.15. The Bertz CT molecular complexity index is 447. The molecule has 2 atom stereocenters. The third-order valence-corrected chi connectivity index (χ3v) is 4.15. The Morgan fingerprint density at radius 3 is 2.81 bits per heavy atom. The van der Waals surface area contributed by atoms with Gasteiger partial charge in [0.1, 0.15) is 0 Å². The number of hydrogen-bond donors (Lipinski definition) is 1. The van der Waals surface area contributed by atoms with Gasteiger partial charge in [0.05, 0.1) is 6.04 Å². The van der Waals surface area contributed by atoms with Gasteiger partial charge >= 0.3 is 0 Å². The largest absolute Gasteiger partial charge is 0.344 e. The highest BCUT2D eigenvalue weighted by Crippen LogP contribution is 2.19. The van der Waals surface area contributed by atoms with Crippen LogP contribution in [0.15, 0.2) is 30.3 Å². The summed E-state index contributed by atoms with van der Waals surface area (Å²) in [5.41, 5.74) is 7.03. The topological polar surface area (TPSA) is 49.6 Å². The molecule has 2 rings (SSSR count). The Kier molecular flexibility index (Phi) is 5.76. The summed E-state index contributed by atoms with van der Waals surface area (Å²) in [6.45, 7) is 5.77. The Labute approximate surface area is 127 Å². The number of likely N-dealkylation sites (N-methyl/N-ethyl adjacent to an activating group) is 1. The number of rotatable bonds is 5. The Balaban J connectivity index is 1.85. The van der Waals surface area contributed by atoms with Gasteiger partial charge < -0.3 is 10.6 Å². The SMILES string of the molecule is C[C@H](N)C(=O)N(C)C[C@H]1CCCN(Cc2ccccc2)C1. The maximum absolute atomic E-state index is 11.9. The molecule has 21 heavy (non-hydrogen) atoms. The van der Waals surface area contributed by atoms with Crippen LogP contribution in [-0.2, 0) is 11.3 Å². The zero-order valence-corrected chi connectivity index (χ0v) is 13.2. The smallest absolute Gasteiger partial charge is 0.238 e. The fraction of sp³-hybridized carbons (Fsp3) is 0.588. The first-order chi connectivity index (χ1) is 10.1. The summed E-state index contributed by atoms with van der Waals surface area (Å²) in [5, 5.41) is 0. The van der Waals surface area contributed by atoms with Crippen molar-refractivity contribution in [3.63, 3.8) is 0 Å². The number of nitrogens with two attached hydrogens (primary N) is 1. The molecule has 1 aromatic rings. The van der Waals surface area contributed by atoms with Gasteiger partial charge in [-0.1, -0.05) is 30.3 Å². The van der Waals surface area contributed by atoms with Crippen molar-refractivity contribution in [1.29, 1.82) is 0 Å². The number of amides is 1. The molecule has 0 bridgehead atoms. The first-order valence-electron chi connectivity index (χ1n) is 7.83. The predicted octanol–water partition coefficient (Wildman–Crippen LogP) is 1.70. The van der Waals surface area contributed by atoms with Crippen LogP contribution in [0.2, 0.25) is 0 Å². The molecule has 0 aliphatic carbocycles. The molecule has 2 N–H and O–H groups in total. The summed E-state index contributed by atoms with van der Waals surface area (Å²) >= 11 is 0. The Hall–Kier alpha value is -1.39. The molecule has 0 saturated carbocycles. The van der Waals surface area contributed by atoms with Gasteiger partial charge in [0.15, 0.2) is 0 Å². The van der Waals surface area contributed by atoms with Gasteiger partial charge in [-0.05, 0) is 37.8 Å². The van der Waals surface area contributed by atoms with E-state index < -0.39 is 6.04 Å². The molecule has 0 radical (unpaired) electrons. The summed E-state index contributed by atoms with van der Waals surface area (Å²) in [5.74, 6) is 0.588. The summed E-state index contributed by atoms with van der Waals surface area (Å²) in [7, 11) is 1.86. The molecule has 0 spiro atoms. The number of likely N-dealkylation sites (tertiary alicyclic amines) is 1. The van der Waals surface area contributed by atoms with Crippen LogP contribution in [-0.4, -0.2) is 48.4 Å². The number of benzene rings is 1. The highest BCUT2D eigenvalue weighted by atomic mass is 16.2. The summed E-state index contributed by atoms with van der Waals surface area (Å²) in [6.07, 6.45) is 2.40.